The number of fused-ring (bicyclic) bond motifs is 6. The topological polar surface area (TPSA) is 100 Å². The zero-order valence-corrected chi connectivity index (χ0v) is 23.7. The van der Waals surface area contributed by atoms with Crippen LogP contribution in [0.25, 0.3) is 22.5 Å². The lowest BCUT2D eigenvalue weighted by Gasteiger charge is -2.30. The number of aliphatic hydroxyl groups excluding tert-OH is 1. The quantitative estimate of drug-likeness (QED) is 0.340. The normalized spacial score (nSPS) is 22.8. The first-order valence-corrected chi connectivity index (χ1v) is 15.1. The number of aliphatic hydroxyl groups is 1. The van der Waals surface area contributed by atoms with Crippen LogP contribution in [0.3, 0.4) is 0 Å². The first kappa shape index (κ1) is 27.4. The van der Waals surface area contributed by atoms with Crippen LogP contribution in [-0.4, -0.2) is 72.4 Å². The van der Waals surface area contributed by atoms with Crippen LogP contribution in [0, 0.1) is 5.92 Å². The van der Waals surface area contributed by atoms with Crippen LogP contribution in [0.4, 0.5) is 4.39 Å². The molecule has 3 atom stereocenters. The van der Waals surface area contributed by atoms with Gasteiger partial charge in [0.2, 0.25) is 0 Å². The van der Waals surface area contributed by atoms with E-state index in [2.05, 4.69) is 41.2 Å². The summed E-state index contributed by atoms with van der Waals surface area (Å²) < 4.78 is 29.7. The second kappa shape index (κ2) is 11.7. The maximum absolute atomic E-state index is 14.8. The standard InChI is InChI=1S/C16H18FN3O.C16H19N3O2/c17-16(5-8-21-9-6-16)4-3-13-15-12(2-1-7-19-15)14-10-18-11-20(13)14;20-15(11-3-6-21-7-4-11)8-13-16-12(2-1-5-18-16)14-9-17-10-19(13)14/h1-2,7,10-11,13H,3-6,8-9H2;1-2,5,9-11,13,15,20H,3-4,6-8H2. The summed E-state index contributed by atoms with van der Waals surface area (Å²) in [6, 6.07) is 8.23. The molecule has 8 rings (SSSR count). The van der Waals surface area contributed by atoms with Crippen molar-refractivity contribution in [3.05, 3.63) is 73.1 Å². The van der Waals surface area contributed by atoms with Crippen LogP contribution in [0.2, 0.25) is 0 Å². The molecule has 8 heterocycles. The molecule has 2 saturated heterocycles. The smallest absolute Gasteiger partial charge is 0.115 e. The van der Waals surface area contributed by atoms with Gasteiger partial charge in [-0.1, -0.05) is 0 Å². The number of aromatic nitrogens is 6. The van der Waals surface area contributed by atoms with E-state index in [1.54, 1.807) is 0 Å². The number of hydrogen-bond acceptors (Lipinski definition) is 7. The molecule has 9 nitrogen and oxygen atoms in total. The van der Waals surface area contributed by atoms with Crippen molar-refractivity contribution in [2.45, 2.75) is 68.8 Å². The molecule has 0 saturated carbocycles. The van der Waals surface area contributed by atoms with Crippen LogP contribution in [0.1, 0.15) is 68.4 Å². The molecule has 0 radical (unpaired) electrons. The molecule has 2 fully saturated rings. The molecule has 4 aliphatic heterocycles. The molecular weight excluding hydrogens is 535 g/mol. The number of rotatable bonds is 6. The largest absolute Gasteiger partial charge is 0.393 e. The molecule has 1 N–H and O–H groups in total. The van der Waals surface area contributed by atoms with Gasteiger partial charge in [0.05, 0.1) is 66.0 Å². The van der Waals surface area contributed by atoms with Crippen LogP contribution in [0.15, 0.2) is 61.7 Å². The lowest BCUT2D eigenvalue weighted by molar-refractivity contribution is -0.0152. The lowest BCUT2D eigenvalue weighted by Crippen LogP contribution is -2.32. The Hall–Kier alpha value is -3.47. The highest BCUT2D eigenvalue weighted by Gasteiger charge is 2.36. The van der Waals surface area contributed by atoms with E-state index < -0.39 is 5.67 Å². The molecule has 10 heteroatoms. The Labute approximate surface area is 244 Å². The van der Waals surface area contributed by atoms with Gasteiger partial charge in [0.1, 0.15) is 5.67 Å². The van der Waals surface area contributed by atoms with Crippen molar-refractivity contribution >= 4 is 0 Å². The summed E-state index contributed by atoms with van der Waals surface area (Å²) in [6.45, 7) is 2.59. The van der Waals surface area contributed by atoms with Crippen LogP contribution < -0.4 is 0 Å². The number of halogens is 1. The highest BCUT2D eigenvalue weighted by molar-refractivity contribution is 5.67. The monoisotopic (exact) mass is 572 g/mol. The summed E-state index contributed by atoms with van der Waals surface area (Å²) in [7, 11) is 0. The number of alkyl halides is 1. The van der Waals surface area contributed by atoms with Crippen molar-refractivity contribution in [1.82, 2.24) is 29.1 Å². The van der Waals surface area contributed by atoms with Gasteiger partial charge in [0.25, 0.3) is 0 Å². The van der Waals surface area contributed by atoms with E-state index in [4.69, 9.17) is 9.47 Å². The fraction of sp³-hybridized carbons (Fsp3) is 0.500. The molecule has 4 aliphatic rings. The summed E-state index contributed by atoms with van der Waals surface area (Å²) in [5, 5.41) is 10.6. The highest BCUT2D eigenvalue weighted by Crippen LogP contribution is 2.43. The summed E-state index contributed by atoms with van der Waals surface area (Å²) in [6.07, 6.45) is 15.6. The molecule has 4 aromatic rings. The van der Waals surface area contributed by atoms with E-state index in [0.29, 0.717) is 44.8 Å². The molecule has 0 bridgehead atoms. The Morgan fingerprint density at radius 3 is 2.07 bits per heavy atom. The minimum absolute atomic E-state index is 0.0940. The van der Waals surface area contributed by atoms with Gasteiger partial charge in [-0.15, -0.1) is 0 Å². The Morgan fingerprint density at radius 1 is 0.857 bits per heavy atom. The van der Waals surface area contributed by atoms with Crippen LogP contribution in [-0.2, 0) is 9.47 Å². The van der Waals surface area contributed by atoms with E-state index in [9.17, 15) is 9.50 Å². The third-order valence-electron chi connectivity index (χ3n) is 9.39. The molecule has 0 spiro atoms. The van der Waals surface area contributed by atoms with Crippen molar-refractivity contribution in [3.63, 3.8) is 0 Å². The maximum Gasteiger partial charge on any atom is 0.115 e. The van der Waals surface area contributed by atoms with Gasteiger partial charge >= 0.3 is 0 Å². The Bertz CT molecular complexity index is 1510. The van der Waals surface area contributed by atoms with E-state index in [0.717, 1.165) is 66.4 Å². The van der Waals surface area contributed by atoms with Gasteiger partial charge in [0, 0.05) is 69.2 Å². The number of ether oxygens (including phenoxy) is 2. The van der Waals surface area contributed by atoms with Crippen molar-refractivity contribution in [3.8, 4) is 22.5 Å². The van der Waals surface area contributed by atoms with Crippen LogP contribution >= 0.6 is 0 Å². The van der Waals surface area contributed by atoms with Gasteiger partial charge in [-0.2, -0.15) is 0 Å². The Morgan fingerprint density at radius 2 is 1.43 bits per heavy atom. The maximum atomic E-state index is 14.8. The van der Waals surface area contributed by atoms with Gasteiger partial charge < -0.3 is 23.7 Å². The number of imidazole rings is 2. The zero-order valence-electron chi connectivity index (χ0n) is 23.7. The van der Waals surface area contributed by atoms with E-state index in [-0.39, 0.29) is 18.2 Å². The number of hydrogen-bond donors (Lipinski definition) is 1. The van der Waals surface area contributed by atoms with Crippen molar-refractivity contribution in [1.29, 1.82) is 0 Å². The number of pyridine rings is 2. The zero-order chi connectivity index (χ0) is 28.5. The predicted molar refractivity (Wildman–Crippen MR) is 154 cm³/mol. The predicted octanol–water partition coefficient (Wildman–Crippen LogP) is 5.17. The van der Waals surface area contributed by atoms with Gasteiger partial charge in [-0.05, 0) is 55.9 Å². The summed E-state index contributed by atoms with van der Waals surface area (Å²) in [4.78, 5) is 17.5. The molecule has 0 amide bonds. The van der Waals surface area contributed by atoms with Gasteiger partial charge in [-0.3, -0.25) is 9.97 Å². The van der Waals surface area contributed by atoms with Gasteiger partial charge in [-0.25, -0.2) is 14.4 Å². The average Bonchev–Trinajstić information content (AvgIpc) is 3.81. The van der Waals surface area contributed by atoms with Crippen molar-refractivity contribution in [2.24, 2.45) is 5.92 Å². The average molecular weight is 573 g/mol. The molecule has 220 valence electrons. The highest BCUT2D eigenvalue weighted by atomic mass is 19.1. The SMILES string of the molecule is FC1(CCC2c3ncccc3-c3cncn32)CCOCC1.OC(CC1c2ncccc2-c2cncn21)C1CCOCC1. The van der Waals surface area contributed by atoms with E-state index in [1.807, 2.05) is 49.6 Å². The van der Waals surface area contributed by atoms with E-state index >= 15 is 0 Å². The lowest BCUT2D eigenvalue weighted by atomic mass is 9.89. The molecule has 0 aromatic carbocycles. The first-order valence-electron chi connectivity index (χ1n) is 15.1. The molecule has 3 unspecified atom stereocenters. The van der Waals surface area contributed by atoms with Crippen molar-refractivity contribution < 1.29 is 19.0 Å². The number of nitrogens with zero attached hydrogens (tertiary/aromatic N) is 6. The fourth-order valence-electron chi connectivity index (χ4n) is 6.99. The molecule has 0 aliphatic carbocycles. The van der Waals surface area contributed by atoms with Gasteiger partial charge in [0.15, 0.2) is 0 Å². The summed E-state index contributed by atoms with van der Waals surface area (Å²) in [5.74, 6) is 0.332. The summed E-state index contributed by atoms with van der Waals surface area (Å²) in [5.41, 5.74) is 5.46. The molecular formula is C32H37FN6O3. The summed E-state index contributed by atoms with van der Waals surface area (Å²) >= 11 is 0. The minimum atomic E-state index is -1.09. The van der Waals surface area contributed by atoms with Crippen LogP contribution in [0.5, 0.6) is 0 Å². The molecule has 4 aromatic heterocycles. The second-order valence-electron chi connectivity index (χ2n) is 11.8. The fourth-order valence-corrected chi connectivity index (χ4v) is 6.99. The Kier molecular flexibility index (Phi) is 7.60. The van der Waals surface area contributed by atoms with Crippen molar-refractivity contribution in [2.75, 3.05) is 26.4 Å². The molecule has 42 heavy (non-hydrogen) atoms. The Balaban J connectivity index is 0.000000137. The second-order valence-corrected chi connectivity index (χ2v) is 11.8. The van der Waals surface area contributed by atoms with E-state index in [1.165, 1.54) is 0 Å². The first-order chi connectivity index (χ1) is 20.6. The minimum Gasteiger partial charge on any atom is -0.393 e. The third-order valence-corrected chi connectivity index (χ3v) is 9.39. The third kappa shape index (κ3) is 5.16.